The highest BCUT2D eigenvalue weighted by molar-refractivity contribution is 7.20. The molecule has 0 aliphatic carbocycles. The van der Waals surface area contributed by atoms with Gasteiger partial charge in [-0.2, -0.15) is 5.10 Å². The monoisotopic (exact) mass is 395 g/mol. The summed E-state index contributed by atoms with van der Waals surface area (Å²) in [6, 6.07) is 4.38. The lowest BCUT2D eigenvalue weighted by Crippen LogP contribution is -1.93. The van der Waals surface area contributed by atoms with Crippen LogP contribution in [0.3, 0.4) is 0 Å². The Bertz CT molecular complexity index is 854. The van der Waals surface area contributed by atoms with Gasteiger partial charge < -0.3 is 0 Å². The summed E-state index contributed by atoms with van der Waals surface area (Å²) in [4.78, 5) is 4.88. The number of aryl methyl sites for hydroxylation is 1. The summed E-state index contributed by atoms with van der Waals surface area (Å²) in [5.41, 5.74) is 0.135. The van der Waals surface area contributed by atoms with Crippen molar-refractivity contribution in [2.45, 2.75) is 0 Å². The van der Waals surface area contributed by atoms with Crippen LogP contribution in [0.4, 0.5) is 4.39 Å². The van der Waals surface area contributed by atoms with Crippen LogP contribution >= 0.6 is 57.7 Å². The molecule has 3 nitrogen and oxygen atoms in total. The Hall–Kier alpha value is -0.850. The highest BCUT2D eigenvalue weighted by atomic mass is 35.5. The van der Waals surface area contributed by atoms with Gasteiger partial charge in [-0.05, 0) is 12.1 Å². The molecular weight excluding hydrogens is 391 g/mol. The minimum Gasteiger partial charge on any atom is -0.248 e. The molecule has 0 atom stereocenters. The first kappa shape index (κ1) is 16.0. The van der Waals surface area contributed by atoms with Gasteiger partial charge in [0.15, 0.2) is 11.6 Å². The lowest BCUT2D eigenvalue weighted by Gasteiger charge is -1.99. The van der Waals surface area contributed by atoms with Crippen molar-refractivity contribution < 1.29 is 4.39 Å². The van der Waals surface area contributed by atoms with E-state index < -0.39 is 5.82 Å². The molecule has 0 radical (unpaired) electrons. The van der Waals surface area contributed by atoms with Gasteiger partial charge in [0.25, 0.3) is 0 Å². The van der Waals surface area contributed by atoms with Crippen LogP contribution in [0.15, 0.2) is 18.2 Å². The summed E-state index contributed by atoms with van der Waals surface area (Å²) in [6.45, 7) is 0. The van der Waals surface area contributed by atoms with Crippen LogP contribution in [0.2, 0.25) is 19.4 Å². The molecule has 0 aliphatic rings. The second kappa shape index (κ2) is 5.98. The number of thiophene rings is 1. The van der Waals surface area contributed by atoms with E-state index >= 15 is 0 Å². The Kier molecular flexibility index (Phi) is 4.36. The Morgan fingerprint density at radius 2 is 1.86 bits per heavy atom. The molecule has 0 aliphatic heterocycles. The van der Waals surface area contributed by atoms with Crippen molar-refractivity contribution in [2.24, 2.45) is 7.05 Å². The molecule has 2 aromatic heterocycles. The van der Waals surface area contributed by atoms with Crippen LogP contribution in [-0.2, 0) is 7.05 Å². The van der Waals surface area contributed by atoms with E-state index in [0.717, 1.165) is 0 Å². The van der Waals surface area contributed by atoms with Gasteiger partial charge in [-0.1, -0.05) is 52.5 Å². The maximum atomic E-state index is 14.0. The largest absolute Gasteiger partial charge is 0.248 e. The summed E-state index contributed by atoms with van der Waals surface area (Å²) in [7, 11) is 1.67. The van der Waals surface area contributed by atoms with Gasteiger partial charge in [0.2, 0.25) is 0 Å². The lowest BCUT2D eigenvalue weighted by atomic mass is 10.2. The van der Waals surface area contributed by atoms with Gasteiger partial charge in [-0.25, -0.2) is 14.1 Å². The van der Waals surface area contributed by atoms with Gasteiger partial charge in [0, 0.05) is 7.05 Å². The summed E-state index contributed by atoms with van der Waals surface area (Å²) < 4.78 is 15.8. The normalized spacial score (nSPS) is 11.2. The number of halogens is 5. The quantitative estimate of drug-likeness (QED) is 0.534. The highest BCUT2D eigenvalue weighted by Gasteiger charge is 2.22. The van der Waals surface area contributed by atoms with E-state index in [4.69, 9.17) is 46.4 Å². The molecule has 3 rings (SSSR count). The first-order chi connectivity index (χ1) is 10.4. The maximum Gasteiger partial charge on any atom is 0.186 e. The molecule has 0 spiro atoms. The molecule has 0 saturated heterocycles. The lowest BCUT2D eigenvalue weighted by molar-refractivity contribution is 0.629. The summed E-state index contributed by atoms with van der Waals surface area (Å²) in [5, 5.41) is 4.98. The van der Waals surface area contributed by atoms with Crippen molar-refractivity contribution in [3.05, 3.63) is 43.4 Å². The van der Waals surface area contributed by atoms with Gasteiger partial charge in [-0.3, -0.25) is 0 Å². The molecule has 0 N–H and O–H groups in total. The molecule has 0 amide bonds. The van der Waals surface area contributed by atoms with E-state index in [1.54, 1.807) is 13.1 Å². The average Bonchev–Trinajstić information content (AvgIpc) is 2.94. The van der Waals surface area contributed by atoms with Gasteiger partial charge in [0.05, 0.1) is 25.5 Å². The third-order valence-corrected chi connectivity index (χ3v) is 5.79. The smallest absolute Gasteiger partial charge is 0.186 e. The zero-order valence-electron chi connectivity index (χ0n) is 10.9. The maximum absolute atomic E-state index is 14.0. The fourth-order valence-electron chi connectivity index (χ4n) is 1.91. The average molecular weight is 397 g/mol. The van der Waals surface area contributed by atoms with Crippen molar-refractivity contribution in [1.29, 1.82) is 0 Å². The third kappa shape index (κ3) is 2.61. The zero-order chi connectivity index (χ0) is 16.0. The van der Waals surface area contributed by atoms with Crippen molar-refractivity contribution >= 4 is 57.7 Å². The molecule has 1 aromatic carbocycles. The second-order valence-corrected chi connectivity index (χ2v) is 7.10. The Morgan fingerprint density at radius 1 is 1.14 bits per heavy atom. The van der Waals surface area contributed by atoms with Crippen molar-refractivity contribution in [3.8, 4) is 22.1 Å². The van der Waals surface area contributed by atoms with Gasteiger partial charge in [-0.15, -0.1) is 11.3 Å². The van der Waals surface area contributed by atoms with E-state index in [-0.39, 0.29) is 21.4 Å². The summed E-state index contributed by atoms with van der Waals surface area (Å²) in [5.74, 6) is 0.0911. The molecule has 2 heterocycles. The molecule has 0 fully saturated rings. The summed E-state index contributed by atoms with van der Waals surface area (Å²) in [6.07, 6.45) is 0. The standard InChI is InChI=1S/C13H6Cl4FN3S/c1-21-13(10-8(15)9(16)11(17)22-10)19-12(20-21)7-5(14)3-2-4-6(7)18/h2-4H,1H3. The van der Waals surface area contributed by atoms with Crippen LogP contribution in [0.1, 0.15) is 0 Å². The predicted octanol–water partition coefficient (Wildman–Crippen LogP) is 5.96. The molecule has 0 unspecified atom stereocenters. The van der Waals surface area contributed by atoms with Crippen molar-refractivity contribution in [2.75, 3.05) is 0 Å². The Balaban J connectivity index is 2.18. The fraction of sp³-hybridized carbons (Fsp3) is 0.0769. The van der Waals surface area contributed by atoms with Gasteiger partial charge >= 0.3 is 0 Å². The van der Waals surface area contributed by atoms with Crippen LogP contribution in [-0.4, -0.2) is 14.8 Å². The Labute approximate surface area is 149 Å². The molecule has 3 aromatic rings. The first-order valence-electron chi connectivity index (χ1n) is 5.89. The van der Waals surface area contributed by atoms with Gasteiger partial charge in [0.1, 0.15) is 10.2 Å². The van der Waals surface area contributed by atoms with E-state index in [2.05, 4.69) is 10.1 Å². The molecule has 0 bridgehead atoms. The first-order valence-corrected chi connectivity index (χ1v) is 8.22. The van der Waals surface area contributed by atoms with Crippen LogP contribution < -0.4 is 0 Å². The molecular formula is C13H6Cl4FN3S. The number of rotatable bonds is 2. The number of hydrogen-bond acceptors (Lipinski definition) is 3. The van der Waals surface area contributed by atoms with Crippen LogP contribution in [0.25, 0.3) is 22.1 Å². The van der Waals surface area contributed by atoms with Crippen LogP contribution in [0.5, 0.6) is 0 Å². The molecule has 114 valence electrons. The Morgan fingerprint density at radius 3 is 2.45 bits per heavy atom. The predicted molar refractivity (Wildman–Crippen MR) is 89.8 cm³/mol. The van der Waals surface area contributed by atoms with E-state index in [1.165, 1.54) is 28.2 Å². The topological polar surface area (TPSA) is 30.7 Å². The number of benzene rings is 1. The molecule has 22 heavy (non-hydrogen) atoms. The highest BCUT2D eigenvalue weighted by Crippen LogP contribution is 2.45. The van der Waals surface area contributed by atoms with E-state index in [1.807, 2.05) is 0 Å². The molecule has 9 heteroatoms. The fourth-order valence-corrected chi connectivity index (χ4v) is 3.98. The van der Waals surface area contributed by atoms with Crippen molar-refractivity contribution in [1.82, 2.24) is 14.8 Å². The number of nitrogens with zero attached hydrogens (tertiary/aromatic N) is 3. The third-order valence-electron chi connectivity index (χ3n) is 2.91. The molecule has 0 saturated carbocycles. The minimum absolute atomic E-state index is 0.135. The number of hydrogen-bond donors (Lipinski definition) is 0. The minimum atomic E-state index is -0.502. The van der Waals surface area contributed by atoms with E-state index in [0.29, 0.717) is 20.1 Å². The SMILES string of the molecule is Cn1nc(-c2c(F)cccc2Cl)nc1-c1sc(Cl)c(Cl)c1Cl. The second-order valence-electron chi connectivity index (χ2n) is 4.31. The summed E-state index contributed by atoms with van der Waals surface area (Å²) >= 11 is 25.3. The van der Waals surface area contributed by atoms with Crippen LogP contribution in [0, 0.1) is 5.82 Å². The van der Waals surface area contributed by atoms with Crippen molar-refractivity contribution in [3.63, 3.8) is 0 Å². The number of aromatic nitrogens is 3. The zero-order valence-corrected chi connectivity index (χ0v) is 14.7. The van der Waals surface area contributed by atoms with E-state index in [9.17, 15) is 4.39 Å².